The van der Waals surface area contributed by atoms with Crippen LogP contribution < -0.4 is 5.32 Å². The van der Waals surface area contributed by atoms with Crippen molar-refractivity contribution in [1.29, 1.82) is 0 Å². The number of carboxylic acid groups (broad SMARTS) is 1. The molecule has 2 aromatic carbocycles. The van der Waals surface area contributed by atoms with Gasteiger partial charge in [-0.2, -0.15) is 0 Å². The van der Waals surface area contributed by atoms with Crippen LogP contribution in [0.1, 0.15) is 48.3 Å². The summed E-state index contributed by atoms with van der Waals surface area (Å²) in [5, 5.41) is 21.4. The summed E-state index contributed by atoms with van der Waals surface area (Å²) in [4.78, 5) is 26.9. The summed E-state index contributed by atoms with van der Waals surface area (Å²) in [6, 6.07) is 14.5. The normalized spacial score (nSPS) is 19.7. The number of rotatable bonds is 9. The zero-order chi connectivity index (χ0) is 25.7. The highest BCUT2D eigenvalue weighted by Gasteiger charge is 2.33. The van der Waals surface area contributed by atoms with Crippen LogP contribution in [0.2, 0.25) is 10.3 Å². The molecule has 0 aliphatic carbocycles. The van der Waals surface area contributed by atoms with Gasteiger partial charge in [0.25, 0.3) is 0 Å². The SMILES string of the molecule is O=C(O)CCC(=O)Nc1cccc(C2OC(Cn3cnc(Cl)c3Cl)CC(c3ccc(CO)cc3)O2)c1. The number of amides is 1. The molecule has 3 N–H and O–H groups in total. The number of aliphatic hydroxyl groups is 1. The number of aliphatic hydroxyl groups excluding tert-OH is 1. The number of halogens is 2. The molecule has 9 nitrogen and oxygen atoms in total. The zero-order valence-electron chi connectivity index (χ0n) is 19.1. The molecule has 1 amide bonds. The number of benzene rings is 2. The fraction of sp³-hybridized carbons (Fsp3) is 0.320. The van der Waals surface area contributed by atoms with Crippen molar-refractivity contribution in [2.24, 2.45) is 0 Å². The number of nitrogens with one attached hydrogen (secondary N) is 1. The summed E-state index contributed by atoms with van der Waals surface area (Å²) in [5.41, 5.74) is 2.91. The maximum atomic E-state index is 12.1. The van der Waals surface area contributed by atoms with Crippen LogP contribution in [0.5, 0.6) is 0 Å². The summed E-state index contributed by atoms with van der Waals surface area (Å²) < 4.78 is 14.3. The molecule has 190 valence electrons. The second-order valence-electron chi connectivity index (χ2n) is 8.40. The minimum absolute atomic E-state index is 0.0506. The molecule has 1 aliphatic heterocycles. The van der Waals surface area contributed by atoms with Gasteiger partial charge in [-0.3, -0.25) is 9.59 Å². The van der Waals surface area contributed by atoms with Crippen LogP contribution in [0.3, 0.4) is 0 Å². The number of anilines is 1. The first-order valence-corrected chi connectivity index (χ1v) is 12.1. The van der Waals surface area contributed by atoms with Crippen molar-refractivity contribution < 1.29 is 29.3 Å². The molecule has 0 bridgehead atoms. The largest absolute Gasteiger partial charge is 0.481 e. The van der Waals surface area contributed by atoms with E-state index in [0.717, 1.165) is 11.1 Å². The van der Waals surface area contributed by atoms with Gasteiger partial charge in [-0.25, -0.2) is 4.98 Å². The molecule has 0 spiro atoms. The number of carbonyl (C=O) groups is 2. The quantitative estimate of drug-likeness (QED) is 0.363. The van der Waals surface area contributed by atoms with E-state index >= 15 is 0 Å². The van der Waals surface area contributed by atoms with E-state index in [2.05, 4.69) is 10.3 Å². The summed E-state index contributed by atoms with van der Waals surface area (Å²) in [7, 11) is 0. The van der Waals surface area contributed by atoms with Gasteiger partial charge in [-0.15, -0.1) is 0 Å². The van der Waals surface area contributed by atoms with Gasteiger partial charge < -0.3 is 29.6 Å². The summed E-state index contributed by atoms with van der Waals surface area (Å²) >= 11 is 12.3. The van der Waals surface area contributed by atoms with Gasteiger partial charge in [0.2, 0.25) is 5.91 Å². The molecule has 0 saturated carbocycles. The lowest BCUT2D eigenvalue weighted by atomic mass is 10.00. The Morgan fingerprint density at radius 1 is 1.08 bits per heavy atom. The molecule has 4 rings (SSSR count). The highest BCUT2D eigenvalue weighted by atomic mass is 35.5. The van der Waals surface area contributed by atoms with E-state index in [1.165, 1.54) is 0 Å². The molecule has 3 aromatic rings. The molecule has 3 atom stereocenters. The van der Waals surface area contributed by atoms with Crippen molar-refractivity contribution in [2.45, 2.75) is 50.9 Å². The van der Waals surface area contributed by atoms with Crippen molar-refractivity contribution in [2.75, 3.05) is 5.32 Å². The van der Waals surface area contributed by atoms with Crippen molar-refractivity contribution in [3.63, 3.8) is 0 Å². The Kier molecular flexibility index (Phi) is 8.60. The Labute approximate surface area is 217 Å². The van der Waals surface area contributed by atoms with Crippen LogP contribution in [0.25, 0.3) is 0 Å². The number of ether oxygens (including phenoxy) is 2. The zero-order valence-corrected chi connectivity index (χ0v) is 20.7. The minimum atomic E-state index is -1.04. The van der Waals surface area contributed by atoms with Gasteiger partial charge in [0.15, 0.2) is 11.4 Å². The second kappa shape index (κ2) is 11.9. The third-order valence-electron chi connectivity index (χ3n) is 5.76. The molecule has 2 heterocycles. The average molecular weight is 534 g/mol. The van der Waals surface area contributed by atoms with E-state index in [0.29, 0.717) is 29.4 Å². The number of carbonyl (C=O) groups excluding carboxylic acids is 1. The molecule has 0 radical (unpaired) electrons. The number of imidazole rings is 1. The number of carboxylic acids is 1. The number of aromatic nitrogens is 2. The second-order valence-corrected chi connectivity index (χ2v) is 9.11. The fourth-order valence-electron chi connectivity index (χ4n) is 3.93. The van der Waals surface area contributed by atoms with E-state index in [9.17, 15) is 14.7 Å². The third-order valence-corrected chi connectivity index (χ3v) is 6.53. The van der Waals surface area contributed by atoms with E-state index in [1.807, 2.05) is 30.3 Å². The highest BCUT2D eigenvalue weighted by molar-refractivity contribution is 6.40. The average Bonchev–Trinajstić information content (AvgIpc) is 3.19. The van der Waals surface area contributed by atoms with Crippen LogP contribution in [-0.2, 0) is 32.2 Å². The summed E-state index contributed by atoms with van der Waals surface area (Å²) in [6.07, 6.45) is 0.345. The van der Waals surface area contributed by atoms with Gasteiger partial charge in [0, 0.05) is 24.1 Å². The third kappa shape index (κ3) is 6.63. The molecule has 11 heteroatoms. The Balaban J connectivity index is 1.55. The lowest BCUT2D eigenvalue weighted by Gasteiger charge is -2.36. The lowest BCUT2D eigenvalue weighted by Crippen LogP contribution is -2.32. The maximum absolute atomic E-state index is 12.1. The summed E-state index contributed by atoms with van der Waals surface area (Å²) in [5.74, 6) is -1.43. The van der Waals surface area contributed by atoms with E-state index in [4.69, 9.17) is 37.8 Å². The molecule has 3 unspecified atom stereocenters. The predicted molar refractivity (Wildman–Crippen MR) is 133 cm³/mol. The van der Waals surface area contributed by atoms with E-state index in [1.54, 1.807) is 29.1 Å². The predicted octanol–water partition coefficient (Wildman–Crippen LogP) is 4.73. The standard InChI is InChI=1S/C25H25Cl2N3O6/c26-23-24(27)30(14-28-23)12-19-11-20(16-6-4-15(13-31)5-7-16)36-25(35-19)17-2-1-3-18(10-17)29-21(32)8-9-22(33)34/h1-7,10,14,19-20,25,31H,8-9,11-13H2,(H,29,32)(H,33,34). The van der Waals surface area contributed by atoms with Gasteiger partial charge >= 0.3 is 5.97 Å². The first-order chi connectivity index (χ1) is 17.3. The maximum Gasteiger partial charge on any atom is 0.303 e. The Morgan fingerprint density at radius 3 is 2.53 bits per heavy atom. The van der Waals surface area contributed by atoms with Crippen LogP contribution in [0.15, 0.2) is 54.9 Å². The van der Waals surface area contributed by atoms with E-state index in [-0.39, 0.29) is 36.8 Å². The number of hydrogen-bond acceptors (Lipinski definition) is 6. The number of hydrogen-bond donors (Lipinski definition) is 3. The minimum Gasteiger partial charge on any atom is -0.481 e. The first-order valence-electron chi connectivity index (χ1n) is 11.3. The first kappa shape index (κ1) is 26.1. The topological polar surface area (TPSA) is 123 Å². The van der Waals surface area contributed by atoms with Crippen LogP contribution >= 0.6 is 23.2 Å². The summed E-state index contributed by atoms with van der Waals surface area (Å²) in [6.45, 7) is 0.348. The van der Waals surface area contributed by atoms with Crippen molar-refractivity contribution >= 4 is 40.8 Å². The van der Waals surface area contributed by atoms with Crippen LogP contribution in [0, 0.1) is 0 Å². The van der Waals surface area contributed by atoms with E-state index < -0.39 is 18.2 Å². The van der Waals surface area contributed by atoms with Crippen LogP contribution in [-0.4, -0.2) is 37.7 Å². The van der Waals surface area contributed by atoms with Gasteiger partial charge in [0.05, 0.1) is 38.1 Å². The van der Waals surface area contributed by atoms with Crippen molar-refractivity contribution in [3.05, 3.63) is 81.9 Å². The molecule has 1 aliphatic rings. The molecule has 36 heavy (non-hydrogen) atoms. The molecule has 1 saturated heterocycles. The molecular weight excluding hydrogens is 509 g/mol. The van der Waals surface area contributed by atoms with Gasteiger partial charge in [-0.05, 0) is 23.3 Å². The Hall–Kier alpha value is -2.95. The smallest absolute Gasteiger partial charge is 0.303 e. The highest BCUT2D eigenvalue weighted by Crippen LogP contribution is 2.39. The molecule has 1 aromatic heterocycles. The fourth-order valence-corrected chi connectivity index (χ4v) is 4.24. The number of aliphatic carboxylic acids is 1. The van der Waals surface area contributed by atoms with Gasteiger partial charge in [0.1, 0.15) is 5.15 Å². The van der Waals surface area contributed by atoms with Crippen molar-refractivity contribution in [1.82, 2.24) is 9.55 Å². The Bertz CT molecular complexity index is 1220. The monoisotopic (exact) mass is 533 g/mol. The number of nitrogens with zero attached hydrogens (tertiary/aromatic N) is 2. The van der Waals surface area contributed by atoms with Crippen LogP contribution in [0.4, 0.5) is 5.69 Å². The lowest BCUT2D eigenvalue weighted by molar-refractivity contribution is -0.252. The molecular formula is C25H25Cl2N3O6. The Morgan fingerprint density at radius 2 is 1.86 bits per heavy atom. The molecule has 1 fully saturated rings. The van der Waals surface area contributed by atoms with Gasteiger partial charge in [-0.1, -0.05) is 59.6 Å². The van der Waals surface area contributed by atoms with Crippen molar-refractivity contribution in [3.8, 4) is 0 Å².